The number of rotatable bonds is 8. The third kappa shape index (κ3) is 5.49. The Balaban J connectivity index is 1.53. The van der Waals surface area contributed by atoms with E-state index < -0.39 is 10.0 Å². The molecule has 190 valence electrons. The first-order chi connectivity index (χ1) is 17.3. The molecule has 1 aliphatic rings. The van der Waals surface area contributed by atoms with Crippen LogP contribution < -0.4 is 13.9 Å². The number of hydrogen-bond acceptors (Lipinski definition) is 5. The van der Waals surface area contributed by atoms with E-state index in [0.717, 1.165) is 0 Å². The predicted octanol–water partition coefficient (Wildman–Crippen LogP) is 4.25. The van der Waals surface area contributed by atoms with Gasteiger partial charge in [0.15, 0.2) is 0 Å². The number of carbonyl (C=O) groups excluding carboxylic acids is 1. The molecule has 0 aliphatic carbocycles. The number of sulfonamides is 1. The number of aryl methyl sites for hydroxylation is 1. The van der Waals surface area contributed by atoms with Gasteiger partial charge in [-0.3, -0.25) is 9.10 Å². The summed E-state index contributed by atoms with van der Waals surface area (Å²) in [5.74, 6) is 0.427. The Kier molecular flexibility index (Phi) is 7.84. The Morgan fingerprint density at radius 1 is 0.889 bits per heavy atom. The summed E-state index contributed by atoms with van der Waals surface area (Å²) in [5, 5.41) is 0. The van der Waals surface area contributed by atoms with Crippen LogP contribution in [0, 0.1) is 13.8 Å². The molecule has 0 N–H and O–H groups in total. The molecule has 0 atom stereocenters. The zero-order valence-electron chi connectivity index (χ0n) is 21.1. The number of nitrogens with zero attached hydrogens (tertiary/aromatic N) is 3. The molecule has 1 heterocycles. The molecule has 0 unspecified atom stereocenters. The first-order valence-corrected chi connectivity index (χ1v) is 13.6. The van der Waals surface area contributed by atoms with Crippen molar-refractivity contribution in [3.8, 4) is 5.75 Å². The number of hydrogen-bond donors (Lipinski definition) is 0. The molecule has 8 heteroatoms. The predicted molar refractivity (Wildman–Crippen MR) is 143 cm³/mol. The van der Waals surface area contributed by atoms with Gasteiger partial charge in [0.2, 0.25) is 5.91 Å². The summed E-state index contributed by atoms with van der Waals surface area (Å²) in [7, 11) is -3.94. The molecule has 0 saturated carbocycles. The fraction of sp³-hybridized carbons (Fsp3) is 0.321. The average molecular weight is 508 g/mol. The van der Waals surface area contributed by atoms with Gasteiger partial charge < -0.3 is 14.5 Å². The first-order valence-electron chi connectivity index (χ1n) is 12.2. The van der Waals surface area contributed by atoms with Crippen molar-refractivity contribution in [1.82, 2.24) is 4.90 Å². The molecule has 0 aromatic heterocycles. The SMILES string of the molecule is CCOc1ccc(N(CC(=O)N2CCN(c3cccc(C)c3C)CC2)S(=O)(=O)c2ccccc2)cc1. The normalized spacial score (nSPS) is 14.0. The second-order valence-corrected chi connectivity index (χ2v) is 10.7. The number of carbonyl (C=O) groups is 1. The quantitative estimate of drug-likeness (QED) is 0.456. The summed E-state index contributed by atoms with van der Waals surface area (Å²) in [5.41, 5.74) is 4.09. The highest BCUT2D eigenvalue weighted by Gasteiger charge is 2.30. The molecule has 1 aliphatic heterocycles. The Bertz CT molecular complexity index is 1290. The fourth-order valence-corrected chi connectivity index (χ4v) is 5.84. The maximum Gasteiger partial charge on any atom is 0.264 e. The van der Waals surface area contributed by atoms with Gasteiger partial charge in [0, 0.05) is 31.9 Å². The number of amides is 1. The molecule has 0 radical (unpaired) electrons. The van der Waals surface area contributed by atoms with Gasteiger partial charge >= 0.3 is 0 Å². The minimum atomic E-state index is -3.94. The summed E-state index contributed by atoms with van der Waals surface area (Å²) in [4.78, 5) is 17.6. The zero-order valence-corrected chi connectivity index (χ0v) is 21.9. The largest absolute Gasteiger partial charge is 0.494 e. The molecule has 4 rings (SSSR count). The van der Waals surface area contributed by atoms with Crippen LogP contribution in [0.15, 0.2) is 77.7 Å². The van der Waals surface area contributed by atoms with Gasteiger partial charge in [-0.25, -0.2) is 8.42 Å². The van der Waals surface area contributed by atoms with Crippen molar-refractivity contribution >= 4 is 27.3 Å². The van der Waals surface area contributed by atoms with Crippen molar-refractivity contribution in [2.75, 3.05) is 48.5 Å². The summed E-state index contributed by atoms with van der Waals surface area (Å²) in [6.45, 7) is 8.82. The standard InChI is InChI=1S/C28H33N3O4S/c1-4-35-25-15-13-24(14-16-25)31(36(33,34)26-10-6-5-7-11-26)21-28(32)30-19-17-29(18-20-30)27-12-8-9-22(2)23(27)3/h5-16H,4,17-21H2,1-3H3. The molecule has 3 aromatic carbocycles. The van der Waals surface area contributed by atoms with Gasteiger partial charge in [-0.1, -0.05) is 30.3 Å². The Morgan fingerprint density at radius 3 is 2.19 bits per heavy atom. The number of anilines is 2. The van der Waals surface area contributed by atoms with E-state index in [1.807, 2.05) is 6.92 Å². The molecule has 7 nitrogen and oxygen atoms in total. The maximum atomic E-state index is 13.6. The molecule has 0 bridgehead atoms. The van der Waals surface area contributed by atoms with Crippen molar-refractivity contribution in [1.29, 1.82) is 0 Å². The summed E-state index contributed by atoms with van der Waals surface area (Å²) < 4.78 is 33.9. The van der Waals surface area contributed by atoms with E-state index in [1.165, 1.54) is 21.1 Å². The van der Waals surface area contributed by atoms with E-state index in [9.17, 15) is 13.2 Å². The van der Waals surface area contributed by atoms with Gasteiger partial charge in [-0.05, 0) is 74.4 Å². The number of benzene rings is 3. The molecule has 1 fully saturated rings. The van der Waals surface area contributed by atoms with Crippen molar-refractivity contribution in [3.05, 3.63) is 83.9 Å². The Labute approximate surface area is 214 Å². The highest BCUT2D eigenvalue weighted by atomic mass is 32.2. The van der Waals surface area contributed by atoms with Crippen molar-refractivity contribution in [3.63, 3.8) is 0 Å². The van der Waals surface area contributed by atoms with E-state index in [1.54, 1.807) is 59.5 Å². The van der Waals surface area contributed by atoms with Crippen LogP contribution in [0.5, 0.6) is 5.75 Å². The van der Waals surface area contributed by atoms with Gasteiger partial charge in [-0.15, -0.1) is 0 Å². The lowest BCUT2D eigenvalue weighted by Crippen LogP contribution is -2.52. The lowest BCUT2D eigenvalue weighted by Gasteiger charge is -2.38. The van der Waals surface area contributed by atoms with Crippen LogP contribution in [0.25, 0.3) is 0 Å². The van der Waals surface area contributed by atoms with Crippen LogP contribution in [0.1, 0.15) is 18.1 Å². The van der Waals surface area contributed by atoms with Gasteiger partial charge in [0.05, 0.1) is 17.2 Å². The molecular formula is C28H33N3O4S. The fourth-order valence-electron chi connectivity index (χ4n) is 4.41. The third-order valence-corrected chi connectivity index (χ3v) is 8.38. The molecule has 3 aromatic rings. The average Bonchev–Trinajstić information content (AvgIpc) is 2.90. The van der Waals surface area contributed by atoms with E-state index in [0.29, 0.717) is 44.2 Å². The lowest BCUT2D eigenvalue weighted by atomic mass is 10.1. The zero-order chi connectivity index (χ0) is 25.7. The van der Waals surface area contributed by atoms with Gasteiger partial charge in [0.25, 0.3) is 10.0 Å². The second-order valence-electron chi connectivity index (χ2n) is 8.84. The van der Waals surface area contributed by atoms with Crippen LogP contribution in [-0.4, -0.2) is 58.6 Å². The van der Waals surface area contributed by atoms with E-state index in [4.69, 9.17) is 4.74 Å². The highest BCUT2D eigenvalue weighted by Crippen LogP contribution is 2.27. The smallest absolute Gasteiger partial charge is 0.264 e. The van der Waals surface area contributed by atoms with Crippen molar-refractivity contribution in [2.24, 2.45) is 0 Å². The van der Waals surface area contributed by atoms with Crippen LogP contribution in [0.4, 0.5) is 11.4 Å². The molecule has 1 amide bonds. The second kappa shape index (κ2) is 11.0. The van der Waals surface area contributed by atoms with Crippen molar-refractivity contribution in [2.45, 2.75) is 25.7 Å². The van der Waals surface area contributed by atoms with Crippen LogP contribution in [-0.2, 0) is 14.8 Å². The summed E-state index contributed by atoms with van der Waals surface area (Å²) in [6, 6.07) is 21.3. The molecule has 1 saturated heterocycles. The van der Waals surface area contributed by atoms with Crippen LogP contribution >= 0.6 is 0 Å². The topological polar surface area (TPSA) is 70.2 Å². The lowest BCUT2D eigenvalue weighted by molar-refractivity contribution is -0.129. The van der Waals surface area contributed by atoms with E-state index in [-0.39, 0.29) is 17.3 Å². The summed E-state index contributed by atoms with van der Waals surface area (Å²) in [6.07, 6.45) is 0. The number of ether oxygens (including phenoxy) is 1. The monoisotopic (exact) mass is 507 g/mol. The van der Waals surface area contributed by atoms with E-state index >= 15 is 0 Å². The highest BCUT2D eigenvalue weighted by molar-refractivity contribution is 7.92. The van der Waals surface area contributed by atoms with Crippen LogP contribution in [0.2, 0.25) is 0 Å². The Hall–Kier alpha value is -3.52. The minimum absolute atomic E-state index is 0.145. The summed E-state index contributed by atoms with van der Waals surface area (Å²) >= 11 is 0. The maximum absolute atomic E-state index is 13.6. The van der Waals surface area contributed by atoms with Crippen molar-refractivity contribution < 1.29 is 17.9 Å². The van der Waals surface area contributed by atoms with Gasteiger partial charge in [0.1, 0.15) is 12.3 Å². The molecule has 0 spiro atoms. The van der Waals surface area contributed by atoms with E-state index in [2.05, 4.69) is 36.9 Å². The minimum Gasteiger partial charge on any atom is -0.494 e. The Morgan fingerprint density at radius 2 is 1.56 bits per heavy atom. The van der Waals surface area contributed by atoms with Gasteiger partial charge in [-0.2, -0.15) is 0 Å². The molecule has 36 heavy (non-hydrogen) atoms. The molecular weight excluding hydrogens is 474 g/mol. The first kappa shape index (κ1) is 25.6. The third-order valence-electron chi connectivity index (χ3n) is 6.59. The number of piperazine rings is 1. The van der Waals surface area contributed by atoms with Crippen LogP contribution in [0.3, 0.4) is 0 Å².